The van der Waals surface area contributed by atoms with E-state index in [1.807, 2.05) is 30.3 Å². The number of thiol groups is 1. The molecule has 0 bridgehead atoms. The standard InChI is InChI=1S/C16H17NO2S/c1-2-10-19-14-8-6-13(7-9-14)17-16(18)12-4-3-5-15(20)11-12/h3-9,11,20H,2,10H2,1H3,(H,17,18). The maximum Gasteiger partial charge on any atom is 0.255 e. The molecule has 0 aliphatic carbocycles. The van der Waals surface area contributed by atoms with Gasteiger partial charge in [-0.15, -0.1) is 12.6 Å². The van der Waals surface area contributed by atoms with Crippen molar-refractivity contribution in [2.24, 2.45) is 0 Å². The van der Waals surface area contributed by atoms with E-state index in [-0.39, 0.29) is 5.91 Å². The maximum atomic E-state index is 12.0. The molecule has 2 aromatic carbocycles. The molecule has 0 aliphatic rings. The highest BCUT2D eigenvalue weighted by Gasteiger charge is 2.06. The minimum absolute atomic E-state index is 0.150. The third-order valence-electron chi connectivity index (χ3n) is 2.69. The molecule has 2 aromatic rings. The molecule has 0 aliphatic heterocycles. The Balaban J connectivity index is 2.01. The minimum Gasteiger partial charge on any atom is -0.494 e. The van der Waals surface area contributed by atoms with Crippen molar-refractivity contribution in [1.82, 2.24) is 0 Å². The molecule has 3 nitrogen and oxygen atoms in total. The van der Waals surface area contributed by atoms with Gasteiger partial charge in [-0.05, 0) is 48.9 Å². The zero-order chi connectivity index (χ0) is 14.4. The zero-order valence-electron chi connectivity index (χ0n) is 11.3. The van der Waals surface area contributed by atoms with Gasteiger partial charge >= 0.3 is 0 Å². The van der Waals surface area contributed by atoms with Crippen molar-refractivity contribution >= 4 is 24.2 Å². The number of carbonyl (C=O) groups excluding carboxylic acids is 1. The van der Waals surface area contributed by atoms with Gasteiger partial charge in [-0.1, -0.05) is 13.0 Å². The number of carbonyl (C=O) groups is 1. The summed E-state index contributed by atoms with van der Waals surface area (Å²) in [5.74, 6) is 0.658. The van der Waals surface area contributed by atoms with Crippen molar-refractivity contribution in [2.45, 2.75) is 18.2 Å². The van der Waals surface area contributed by atoms with Crippen molar-refractivity contribution in [1.29, 1.82) is 0 Å². The molecular weight excluding hydrogens is 270 g/mol. The van der Waals surface area contributed by atoms with Gasteiger partial charge in [-0.25, -0.2) is 0 Å². The van der Waals surface area contributed by atoms with Gasteiger partial charge in [-0.2, -0.15) is 0 Å². The fourth-order valence-corrected chi connectivity index (χ4v) is 1.93. The number of hydrogen-bond acceptors (Lipinski definition) is 3. The topological polar surface area (TPSA) is 38.3 Å². The van der Waals surface area contributed by atoms with Gasteiger partial charge in [0.25, 0.3) is 5.91 Å². The van der Waals surface area contributed by atoms with Crippen LogP contribution in [0.3, 0.4) is 0 Å². The van der Waals surface area contributed by atoms with Gasteiger partial charge in [0.15, 0.2) is 0 Å². The molecule has 4 heteroatoms. The monoisotopic (exact) mass is 287 g/mol. The number of nitrogens with one attached hydrogen (secondary N) is 1. The third-order valence-corrected chi connectivity index (χ3v) is 2.97. The highest BCUT2D eigenvalue weighted by Crippen LogP contribution is 2.17. The summed E-state index contributed by atoms with van der Waals surface area (Å²) in [6.07, 6.45) is 0.971. The van der Waals surface area contributed by atoms with Crippen LogP contribution in [0.15, 0.2) is 53.4 Å². The summed E-state index contributed by atoms with van der Waals surface area (Å²) in [7, 11) is 0. The molecule has 0 fully saturated rings. The van der Waals surface area contributed by atoms with E-state index in [2.05, 4.69) is 24.9 Å². The van der Waals surface area contributed by atoms with E-state index in [0.717, 1.165) is 22.8 Å². The lowest BCUT2D eigenvalue weighted by molar-refractivity contribution is 0.102. The lowest BCUT2D eigenvalue weighted by Crippen LogP contribution is -2.11. The van der Waals surface area contributed by atoms with Crippen molar-refractivity contribution in [3.63, 3.8) is 0 Å². The molecule has 20 heavy (non-hydrogen) atoms. The van der Waals surface area contributed by atoms with Crippen LogP contribution in [-0.4, -0.2) is 12.5 Å². The molecule has 0 aromatic heterocycles. The fourth-order valence-electron chi connectivity index (χ4n) is 1.70. The van der Waals surface area contributed by atoms with Crippen molar-refractivity contribution in [2.75, 3.05) is 11.9 Å². The second-order valence-electron chi connectivity index (χ2n) is 4.38. The Bertz CT molecular complexity index is 581. The molecule has 104 valence electrons. The number of hydrogen-bond donors (Lipinski definition) is 2. The molecule has 2 rings (SSSR count). The van der Waals surface area contributed by atoms with Crippen LogP contribution >= 0.6 is 12.6 Å². The summed E-state index contributed by atoms with van der Waals surface area (Å²) < 4.78 is 5.49. The number of benzene rings is 2. The van der Waals surface area contributed by atoms with Crippen LogP contribution in [-0.2, 0) is 0 Å². The van der Waals surface area contributed by atoms with Crippen molar-refractivity contribution < 1.29 is 9.53 Å². The summed E-state index contributed by atoms with van der Waals surface area (Å²) in [5.41, 5.74) is 1.33. The number of amides is 1. The Labute approximate surface area is 124 Å². The molecule has 0 radical (unpaired) electrons. The molecule has 1 N–H and O–H groups in total. The van der Waals surface area contributed by atoms with Crippen LogP contribution in [0.2, 0.25) is 0 Å². The van der Waals surface area contributed by atoms with Gasteiger partial charge in [0.2, 0.25) is 0 Å². The first-order valence-corrected chi connectivity index (χ1v) is 6.97. The van der Waals surface area contributed by atoms with E-state index in [4.69, 9.17) is 4.74 Å². The summed E-state index contributed by atoms with van der Waals surface area (Å²) in [6.45, 7) is 2.75. The van der Waals surface area contributed by atoms with Gasteiger partial charge in [0, 0.05) is 16.1 Å². The van der Waals surface area contributed by atoms with Crippen LogP contribution in [0.4, 0.5) is 5.69 Å². The van der Waals surface area contributed by atoms with E-state index in [1.165, 1.54) is 0 Å². The lowest BCUT2D eigenvalue weighted by atomic mass is 10.2. The van der Waals surface area contributed by atoms with Crippen LogP contribution in [0, 0.1) is 0 Å². The number of rotatable bonds is 5. The van der Waals surface area contributed by atoms with Crippen molar-refractivity contribution in [3.8, 4) is 5.75 Å². The van der Waals surface area contributed by atoms with E-state index < -0.39 is 0 Å². The molecule has 0 atom stereocenters. The summed E-state index contributed by atoms with van der Waals surface area (Å²) in [5, 5.41) is 2.84. The normalized spacial score (nSPS) is 10.1. The summed E-state index contributed by atoms with van der Waals surface area (Å²) in [6, 6.07) is 14.5. The van der Waals surface area contributed by atoms with Crippen LogP contribution in [0.5, 0.6) is 5.75 Å². The Kier molecular flexibility index (Phi) is 5.07. The number of anilines is 1. The SMILES string of the molecule is CCCOc1ccc(NC(=O)c2cccc(S)c2)cc1. The Morgan fingerprint density at radius 2 is 1.95 bits per heavy atom. The molecular formula is C16H17NO2S. The molecule has 0 unspecified atom stereocenters. The zero-order valence-corrected chi connectivity index (χ0v) is 12.2. The number of ether oxygens (including phenoxy) is 1. The highest BCUT2D eigenvalue weighted by atomic mass is 32.1. The van der Waals surface area contributed by atoms with E-state index in [9.17, 15) is 4.79 Å². The highest BCUT2D eigenvalue weighted by molar-refractivity contribution is 7.80. The Hall–Kier alpha value is -1.94. The molecule has 0 spiro atoms. The lowest BCUT2D eigenvalue weighted by Gasteiger charge is -2.08. The van der Waals surface area contributed by atoms with Gasteiger partial charge in [-0.3, -0.25) is 4.79 Å². The average Bonchev–Trinajstić information content (AvgIpc) is 2.46. The first-order valence-electron chi connectivity index (χ1n) is 6.52. The average molecular weight is 287 g/mol. The van der Waals surface area contributed by atoms with E-state index in [1.54, 1.807) is 18.2 Å². The van der Waals surface area contributed by atoms with E-state index in [0.29, 0.717) is 12.2 Å². The van der Waals surface area contributed by atoms with Crippen LogP contribution in [0.1, 0.15) is 23.7 Å². The second kappa shape index (κ2) is 7.01. The third kappa shape index (κ3) is 4.03. The minimum atomic E-state index is -0.150. The fraction of sp³-hybridized carbons (Fsp3) is 0.188. The molecule has 0 heterocycles. The molecule has 0 saturated heterocycles. The predicted molar refractivity (Wildman–Crippen MR) is 83.9 cm³/mol. The van der Waals surface area contributed by atoms with Crippen LogP contribution < -0.4 is 10.1 Å². The smallest absolute Gasteiger partial charge is 0.255 e. The van der Waals surface area contributed by atoms with Crippen molar-refractivity contribution in [3.05, 3.63) is 54.1 Å². The summed E-state index contributed by atoms with van der Waals surface area (Å²) >= 11 is 4.22. The van der Waals surface area contributed by atoms with Gasteiger partial charge < -0.3 is 10.1 Å². The second-order valence-corrected chi connectivity index (χ2v) is 4.89. The largest absolute Gasteiger partial charge is 0.494 e. The molecule has 0 saturated carbocycles. The molecule has 1 amide bonds. The Morgan fingerprint density at radius 3 is 2.60 bits per heavy atom. The maximum absolute atomic E-state index is 12.0. The van der Waals surface area contributed by atoms with Crippen LogP contribution in [0.25, 0.3) is 0 Å². The van der Waals surface area contributed by atoms with Gasteiger partial charge in [0.05, 0.1) is 6.61 Å². The first kappa shape index (κ1) is 14.5. The Morgan fingerprint density at radius 1 is 1.20 bits per heavy atom. The first-order chi connectivity index (χ1) is 9.69. The quantitative estimate of drug-likeness (QED) is 0.815. The van der Waals surface area contributed by atoms with Gasteiger partial charge in [0.1, 0.15) is 5.75 Å². The van der Waals surface area contributed by atoms with E-state index >= 15 is 0 Å². The predicted octanol–water partition coefficient (Wildman–Crippen LogP) is 4.02. The summed E-state index contributed by atoms with van der Waals surface area (Å²) in [4.78, 5) is 12.8.